The first-order valence-electron chi connectivity index (χ1n) is 5.71. The lowest BCUT2D eigenvalue weighted by molar-refractivity contribution is -0.117. The van der Waals surface area contributed by atoms with Crippen LogP contribution in [0.5, 0.6) is 0 Å². The molecule has 1 unspecified atom stereocenters. The molecular weight excluding hydrogens is 294 g/mol. The normalized spacial score (nSPS) is 18.5. The molecule has 1 aromatic carbocycles. The number of halogens is 3. The van der Waals surface area contributed by atoms with Gasteiger partial charge >= 0.3 is 0 Å². The van der Waals surface area contributed by atoms with Crippen molar-refractivity contribution in [1.29, 1.82) is 0 Å². The Morgan fingerprint density at radius 3 is 3.00 bits per heavy atom. The van der Waals surface area contributed by atoms with Crippen molar-refractivity contribution in [2.24, 2.45) is 0 Å². The summed E-state index contributed by atoms with van der Waals surface area (Å²) in [4.78, 5) is 11.7. The number of anilines is 1. The summed E-state index contributed by atoms with van der Waals surface area (Å²) in [7, 11) is 0. The Balaban J connectivity index is 0.00000180. The molecule has 1 fully saturated rings. The third-order valence-corrected chi connectivity index (χ3v) is 2.92. The maximum atomic E-state index is 12.9. The molecule has 1 aromatic rings. The van der Waals surface area contributed by atoms with Crippen LogP contribution in [0.25, 0.3) is 0 Å². The van der Waals surface area contributed by atoms with Gasteiger partial charge in [-0.25, -0.2) is 4.39 Å². The minimum atomic E-state index is -0.503. The first kappa shape index (κ1) is 16.2. The van der Waals surface area contributed by atoms with Gasteiger partial charge in [-0.2, -0.15) is 0 Å². The van der Waals surface area contributed by atoms with Crippen LogP contribution < -0.4 is 10.6 Å². The Bertz CT molecular complexity index is 440. The second kappa shape index (κ2) is 7.65. The summed E-state index contributed by atoms with van der Waals surface area (Å²) in [5, 5.41) is 5.85. The number of rotatable bonds is 3. The third kappa shape index (κ3) is 4.95. The van der Waals surface area contributed by atoms with Crippen molar-refractivity contribution in [3.8, 4) is 0 Å². The van der Waals surface area contributed by atoms with Gasteiger partial charge in [-0.1, -0.05) is 11.6 Å². The largest absolute Gasteiger partial charge is 0.378 e. The summed E-state index contributed by atoms with van der Waals surface area (Å²) in [6, 6.07) is 4.11. The SMILES string of the molecule is Cl.O=C(CC1COCCN1)Nc1ccc(F)c(Cl)c1. The minimum absolute atomic E-state index is 0. The zero-order valence-electron chi connectivity index (χ0n) is 10.1. The van der Waals surface area contributed by atoms with Gasteiger partial charge in [0.1, 0.15) is 5.82 Å². The van der Waals surface area contributed by atoms with Crippen molar-refractivity contribution in [3.63, 3.8) is 0 Å². The van der Waals surface area contributed by atoms with Crippen molar-refractivity contribution in [1.82, 2.24) is 5.32 Å². The van der Waals surface area contributed by atoms with Gasteiger partial charge in [-0.05, 0) is 18.2 Å². The molecule has 2 rings (SSSR count). The highest BCUT2D eigenvalue weighted by atomic mass is 35.5. The molecule has 0 aliphatic carbocycles. The van der Waals surface area contributed by atoms with Crippen molar-refractivity contribution < 1.29 is 13.9 Å². The first-order chi connectivity index (χ1) is 8.65. The number of morpholine rings is 1. The van der Waals surface area contributed by atoms with E-state index < -0.39 is 5.82 Å². The third-order valence-electron chi connectivity index (χ3n) is 2.63. The molecule has 1 aliphatic rings. The summed E-state index contributed by atoms with van der Waals surface area (Å²) in [5.74, 6) is -0.655. The fourth-order valence-corrected chi connectivity index (χ4v) is 1.94. The molecule has 106 valence electrons. The number of benzene rings is 1. The summed E-state index contributed by atoms with van der Waals surface area (Å²) >= 11 is 5.63. The molecule has 1 aliphatic heterocycles. The second-order valence-electron chi connectivity index (χ2n) is 4.11. The van der Waals surface area contributed by atoms with Crippen molar-refractivity contribution in [3.05, 3.63) is 29.0 Å². The van der Waals surface area contributed by atoms with Crippen LogP contribution in [0, 0.1) is 5.82 Å². The summed E-state index contributed by atoms with van der Waals surface area (Å²) in [6.45, 7) is 1.95. The van der Waals surface area contributed by atoms with E-state index in [1.807, 2.05) is 0 Å². The summed E-state index contributed by atoms with van der Waals surface area (Å²) in [6.07, 6.45) is 0.314. The molecule has 7 heteroatoms. The van der Waals surface area contributed by atoms with Crippen molar-refractivity contribution >= 4 is 35.6 Å². The number of hydrogen-bond donors (Lipinski definition) is 2. The molecule has 19 heavy (non-hydrogen) atoms. The Kier molecular flexibility index (Phi) is 6.51. The van der Waals surface area contributed by atoms with Crippen LogP contribution in [-0.2, 0) is 9.53 Å². The van der Waals surface area contributed by atoms with E-state index in [0.717, 1.165) is 6.54 Å². The van der Waals surface area contributed by atoms with Gasteiger partial charge in [0.15, 0.2) is 0 Å². The van der Waals surface area contributed by atoms with E-state index in [0.29, 0.717) is 25.3 Å². The fraction of sp³-hybridized carbons (Fsp3) is 0.417. The highest BCUT2D eigenvalue weighted by Crippen LogP contribution is 2.19. The van der Waals surface area contributed by atoms with Crippen LogP contribution in [0.4, 0.5) is 10.1 Å². The second-order valence-corrected chi connectivity index (χ2v) is 4.51. The highest BCUT2D eigenvalue weighted by molar-refractivity contribution is 6.31. The maximum Gasteiger partial charge on any atom is 0.226 e. The molecule has 0 radical (unpaired) electrons. The summed E-state index contributed by atoms with van der Waals surface area (Å²) in [5.41, 5.74) is 0.489. The molecule has 1 atom stereocenters. The zero-order valence-corrected chi connectivity index (χ0v) is 11.7. The smallest absolute Gasteiger partial charge is 0.226 e. The van der Waals surface area contributed by atoms with Gasteiger partial charge in [0.05, 0.1) is 18.2 Å². The van der Waals surface area contributed by atoms with Gasteiger partial charge in [0.25, 0.3) is 0 Å². The Hall–Kier alpha value is -0.880. The van der Waals surface area contributed by atoms with E-state index >= 15 is 0 Å². The highest BCUT2D eigenvalue weighted by Gasteiger charge is 2.17. The number of carbonyl (C=O) groups excluding carboxylic acids is 1. The molecule has 0 spiro atoms. The standard InChI is InChI=1S/C12H14ClFN2O2.ClH/c13-10-5-8(1-2-11(10)14)16-12(17)6-9-7-18-4-3-15-9;/h1-2,5,9,15H,3-4,6-7H2,(H,16,17);1H. The van der Waals surface area contributed by atoms with Gasteiger partial charge < -0.3 is 15.4 Å². The van der Waals surface area contributed by atoms with Crippen LogP contribution in [-0.4, -0.2) is 31.7 Å². The van der Waals surface area contributed by atoms with Crippen LogP contribution in [0.15, 0.2) is 18.2 Å². The molecule has 0 aromatic heterocycles. The molecule has 1 heterocycles. The molecule has 2 N–H and O–H groups in total. The number of amides is 1. The average Bonchev–Trinajstić information content (AvgIpc) is 2.35. The van der Waals surface area contributed by atoms with Gasteiger partial charge in [-0.3, -0.25) is 4.79 Å². The Labute approximate surface area is 122 Å². The molecular formula is C12H15Cl2FN2O2. The summed E-state index contributed by atoms with van der Waals surface area (Å²) < 4.78 is 18.2. The molecule has 1 saturated heterocycles. The quantitative estimate of drug-likeness (QED) is 0.900. The lowest BCUT2D eigenvalue weighted by Crippen LogP contribution is -2.43. The van der Waals surface area contributed by atoms with Crippen molar-refractivity contribution in [2.45, 2.75) is 12.5 Å². The predicted molar refractivity (Wildman–Crippen MR) is 74.5 cm³/mol. The van der Waals surface area contributed by atoms with E-state index in [-0.39, 0.29) is 29.4 Å². The van der Waals surface area contributed by atoms with E-state index in [2.05, 4.69) is 10.6 Å². The van der Waals surface area contributed by atoms with Gasteiger partial charge in [0, 0.05) is 24.7 Å². The lowest BCUT2D eigenvalue weighted by Gasteiger charge is -2.23. The average molecular weight is 309 g/mol. The van der Waals surface area contributed by atoms with Crippen LogP contribution in [0.3, 0.4) is 0 Å². The molecule has 0 saturated carbocycles. The first-order valence-corrected chi connectivity index (χ1v) is 6.09. The van der Waals surface area contributed by atoms with Crippen LogP contribution in [0.1, 0.15) is 6.42 Å². The Morgan fingerprint density at radius 2 is 2.37 bits per heavy atom. The number of carbonyl (C=O) groups is 1. The van der Waals surface area contributed by atoms with Crippen molar-refractivity contribution in [2.75, 3.05) is 25.1 Å². The molecule has 4 nitrogen and oxygen atoms in total. The van der Waals surface area contributed by atoms with Gasteiger partial charge in [0.2, 0.25) is 5.91 Å². The number of nitrogens with one attached hydrogen (secondary N) is 2. The van der Waals surface area contributed by atoms with Crippen LogP contribution >= 0.6 is 24.0 Å². The van der Waals surface area contributed by atoms with Crippen LogP contribution in [0.2, 0.25) is 5.02 Å². The molecule has 0 bridgehead atoms. The van der Waals surface area contributed by atoms with Gasteiger partial charge in [-0.15, -0.1) is 12.4 Å². The monoisotopic (exact) mass is 308 g/mol. The van der Waals surface area contributed by atoms with E-state index in [1.54, 1.807) is 0 Å². The maximum absolute atomic E-state index is 12.9. The van der Waals surface area contributed by atoms with E-state index in [9.17, 15) is 9.18 Å². The van der Waals surface area contributed by atoms with E-state index in [4.69, 9.17) is 16.3 Å². The Morgan fingerprint density at radius 1 is 1.58 bits per heavy atom. The minimum Gasteiger partial charge on any atom is -0.378 e. The van der Waals surface area contributed by atoms with E-state index in [1.165, 1.54) is 18.2 Å². The zero-order chi connectivity index (χ0) is 13.0. The predicted octanol–water partition coefficient (Wildman–Crippen LogP) is 2.22. The number of hydrogen-bond acceptors (Lipinski definition) is 3. The lowest BCUT2D eigenvalue weighted by atomic mass is 10.2. The number of ether oxygens (including phenoxy) is 1. The topological polar surface area (TPSA) is 50.4 Å². The molecule has 1 amide bonds. The fourth-order valence-electron chi connectivity index (χ4n) is 1.76.